The van der Waals surface area contributed by atoms with Gasteiger partial charge < -0.3 is 9.67 Å². The fraction of sp³-hybridized carbons (Fsp3) is 0.733. The lowest BCUT2D eigenvalue weighted by Crippen LogP contribution is -2.13. The summed E-state index contributed by atoms with van der Waals surface area (Å²) in [6, 6.07) is 2.13. The summed E-state index contributed by atoms with van der Waals surface area (Å²) < 4.78 is 2.40. The molecule has 0 saturated heterocycles. The lowest BCUT2D eigenvalue weighted by atomic mass is 9.95. The topological polar surface area (TPSA) is 25.2 Å². The average Bonchev–Trinajstić information content (AvgIpc) is 2.95. The molecule has 1 heterocycles. The molecule has 3 rings (SSSR count). The van der Waals surface area contributed by atoms with Crippen LogP contribution in [0.2, 0.25) is 0 Å². The summed E-state index contributed by atoms with van der Waals surface area (Å²) in [7, 11) is 0. The van der Waals surface area contributed by atoms with Crippen LogP contribution >= 0.6 is 0 Å². The summed E-state index contributed by atoms with van der Waals surface area (Å²) in [5.41, 5.74) is 2.60. The van der Waals surface area contributed by atoms with Crippen LogP contribution in [0.15, 0.2) is 12.3 Å². The Balaban J connectivity index is 1.66. The fourth-order valence-electron chi connectivity index (χ4n) is 3.56. The van der Waals surface area contributed by atoms with Crippen molar-refractivity contribution in [1.82, 2.24) is 4.57 Å². The standard InChI is InChI=1S/C15H23NO/c17-15-7-3-6-14-13(15)9-11-16(14)10-8-12-4-1-2-5-12/h9,11-12,15,17H,1-8,10H2. The van der Waals surface area contributed by atoms with Crippen molar-refractivity contribution in [2.24, 2.45) is 5.92 Å². The summed E-state index contributed by atoms with van der Waals surface area (Å²) in [5, 5.41) is 9.94. The van der Waals surface area contributed by atoms with Gasteiger partial charge >= 0.3 is 0 Å². The van der Waals surface area contributed by atoms with Gasteiger partial charge in [0.05, 0.1) is 6.10 Å². The van der Waals surface area contributed by atoms with Crippen molar-refractivity contribution in [2.75, 3.05) is 0 Å². The molecule has 0 aromatic carbocycles. The molecular weight excluding hydrogens is 210 g/mol. The molecule has 1 unspecified atom stereocenters. The Morgan fingerprint density at radius 1 is 1.18 bits per heavy atom. The third-order valence-electron chi connectivity index (χ3n) is 4.62. The van der Waals surface area contributed by atoms with E-state index in [4.69, 9.17) is 0 Å². The highest BCUT2D eigenvalue weighted by Crippen LogP contribution is 2.32. The Morgan fingerprint density at radius 3 is 2.82 bits per heavy atom. The van der Waals surface area contributed by atoms with Gasteiger partial charge in [-0.1, -0.05) is 25.7 Å². The van der Waals surface area contributed by atoms with Crippen LogP contribution in [0.3, 0.4) is 0 Å². The molecular formula is C15H23NO. The van der Waals surface area contributed by atoms with E-state index in [1.165, 1.54) is 43.4 Å². The van der Waals surface area contributed by atoms with E-state index in [2.05, 4.69) is 16.8 Å². The first kappa shape index (κ1) is 11.3. The van der Waals surface area contributed by atoms with Gasteiger partial charge in [0.2, 0.25) is 0 Å². The van der Waals surface area contributed by atoms with E-state index in [1.54, 1.807) is 0 Å². The fourth-order valence-corrected chi connectivity index (χ4v) is 3.56. The van der Waals surface area contributed by atoms with Gasteiger partial charge in [-0.15, -0.1) is 0 Å². The van der Waals surface area contributed by atoms with E-state index < -0.39 is 0 Å². The molecule has 2 aliphatic rings. The van der Waals surface area contributed by atoms with E-state index in [0.717, 1.165) is 31.7 Å². The van der Waals surface area contributed by atoms with Crippen LogP contribution in [-0.2, 0) is 13.0 Å². The van der Waals surface area contributed by atoms with Crippen molar-refractivity contribution in [2.45, 2.75) is 64.0 Å². The quantitative estimate of drug-likeness (QED) is 0.850. The minimum absolute atomic E-state index is 0.202. The van der Waals surface area contributed by atoms with Gasteiger partial charge in [-0.3, -0.25) is 0 Å². The van der Waals surface area contributed by atoms with Gasteiger partial charge in [-0.2, -0.15) is 0 Å². The van der Waals surface area contributed by atoms with Crippen LogP contribution in [0, 0.1) is 5.92 Å². The minimum atomic E-state index is -0.202. The molecule has 94 valence electrons. The minimum Gasteiger partial charge on any atom is -0.388 e. The maximum atomic E-state index is 9.94. The predicted octanol–water partition coefficient (Wildman–Crippen LogP) is 3.44. The number of aliphatic hydroxyl groups is 1. The van der Waals surface area contributed by atoms with Gasteiger partial charge in [0.1, 0.15) is 0 Å². The molecule has 0 spiro atoms. The Kier molecular flexibility index (Phi) is 3.24. The van der Waals surface area contributed by atoms with Gasteiger partial charge in [0, 0.05) is 24.0 Å². The van der Waals surface area contributed by atoms with Crippen molar-refractivity contribution >= 4 is 0 Å². The number of nitrogens with zero attached hydrogens (tertiary/aromatic N) is 1. The number of rotatable bonds is 3. The maximum absolute atomic E-state index is 9.94. The van der Waals surface area contributed by atoms with Crippen LogP contribution in [-0.4, -0.2) is 9.67 Å². The Bertz CT molecular complexity index is 376. The lowest BCUT2D eigenvalue weighted by molar-refractivity contribution is 0.155. The number of hydrogen-bond acceptors (Lipinski definition) is 1. The Hall–Kier alpha value is -0.760. The first-order valence-electron chi connectivity index (χ1n) is 7.20. The second-order valence-electron chi connectivity index (χ2n) is 5.76. The second-order valence-corrected chi connectivity index (χ2v) is 5.76. The van der Waals surface area contributed by atoms with E-state index in [-0.39, 0.29) is 6.10 Å². The maximum Gasteiger partial charge on any atom is 0.0807 e. The monoisotopic (exact) mass is 233 g/mol. The molecule has 1 fully saturated rings. The molecule has 17 heavy (non-hydrogen) atoms. The van der Waals surface area contributed by atoms with Crippen LogP contribution in [0.4, 0.5) is 0 Å². The molecule has 0 amide bonds. The van der Waals surface area contributed by atoms with E-state index in [1.807, 2.05) is 0 Å². The SMILES string of the molecule is OC1CCCc2c1ccn2CCC1CCCC1. The molecule has 1 aromatic rings. The van der Waals surface area contributed by atoms with Gasteiger partial charge in [-0.25, -0.2) is 0 Å². The molecule has 2 nitrogen and oxygen atoms in total. The summed E-state index contributed by atoms with van der Waals surface area (Å²) in [4.78, 5) is 0. The van der Waals surface area contributed by atoms with E-state index >= 15 is 0 Å². The number of aryl methyl sites for hydroxylation is 1. The Morgan fingerprint density at radius 2 is 2.00 bits per heavy atom. The number of aliphatic hydroxyl groups excluding tert-OH is 1. The third kappa shape index (κ3) is 2.28. The van der Waals surface area contributed by atoms with Crippen LogP contribution in [0.5, 0.6) is 0 Å². The largest absolute Gasteiger partial charge is 0.388 e. The third-order valence-corrected chi connectivity index (χ3v) is 4.62. The number of hydrogen-bond donors (Lipinski definition) is 1. The summed E-state index contributed by atoms with van der Waals surface area (Å²) >= 11 is 0. The summed E-state index contributed by atoms with van der Waals surface area (Å²) in [5.74, 6) is 0.960. The van der Waals surface area contributed by atoms with Gasteiger partial charge in [0.15, 0.2) is 0 Å². The van der Waals surface area contributed by atoms with Crippen molar-refractivity contribution in [3.8, 4) is 0 Å². The highest BCUT2D eigenvalue weighted by atomic mass is 16.3. The normalized spacial score (nSPS) is 25.1. The zero-order valence-corrected chi connectivity index (χ0v) is 10.6. The molecule has 2 heteroatoms. The molecule has 1 aromatic heterocycles. The van der Waals surface area contributed by atoms with Crippen molar-refractivity contribution in [3.63, 3.8) is 0 Å². The molecule has 1 N–H and O–H groups in total. The predicted molar refractivity (Wildman–Crippen MR) is 68.9 cm³/mol. The van der Waals surface area contributed by atoms with Gasteiger partial charge in [0.25, 0.3) is 0 Å². The highest BCUT2D eigenvalue weighted by Gasteiger charge is 2.21. The van der Waals surface area contributed by atoms with Crippen molar-refractivity contribution in [3.05, 3.63) is 23.5 Å². The van der Waals surface area contributed by atoms with Crippen molar-refractivity contribution in [1.29, 1.82) is 0 Å². The second kappa shape index (κ2) is 4.85. The van der Waals surface area contributed by atoms with E-state index in [9.17, 15) is 5.11 Å². The smallest absolute Gasteiger partial charge is 0.0807 e. The van der Waals surface area contributed by atoms with Crippen LogP contribution in [0.25, 0.3) is 0 Å². The summed E-state index contributed by atoms with van der Waals surface area (Å²) in [6.45, 7) is 1.16. The average molecular weight is 233 g/mol. The lowest BCUT2D eigenvalue weighted by Gasteiger charge is -2.20. The molecule has 0 aliphatic heterocycles. The summed E-state index contributed by atoms with van der Waals surface area (Å²) in [6.07, 6.45) is 12.3. The Labute approximate surface area is 104 Å². The highest BCUT2D eigenvalue weighted by molar-refractivity contribution is 5.27. The molecule has 0 bridgehead atoms. The molecule has 0 radical (unpaired) electrons. The molecule has 2 aliphatic carbocycles. The first-order chi connectivity index (χ1) is 8.34. The number of fused-ring (bicyclic) bond motifs is 1. The molecule has 1 saturated carbocycles. The zero-order valence-electron chi connectivity index (χ0n) is 10.6. The van der Waals surface area contributed by atoms with Crippen LogP contribution in [0.1, 0.15) is 62.3 Å². The van der Waals surface area contributed by atoms with Gasteiger partial charge in [-0.05, 0) is 37.7 Å². The van der Waals surface area contributed by atoms with Crippen molar-refractivity contribution < 1.29 is 5.11 Å². The molecule has 1 atom stereocenters. The van der Waals surface area contributed by atoms with E-state index in [0.29, 0.717) is 0 Å². The van der Waals surface area contributed by atoms with Crippen LogP contribution < -0.4 is 0 Å². The first-order valence-corrected chi connectivity index (χ1v) is 7.20. The zero-order chi connectivity index (χ0) is 11.7. The number of aromatic nitrogens is 1.